The van der Waals surface area contributed by atoms with Crippen LogP contribution in [0.25, 0.3) is 10.8 Å². The lowest BCUT2D eigenvalue weighted by atomic mass is 10.0. The first-order chi connectivity index (χ1) is 8.75. The van der Waals surface area contributed by atoms with Crippen molar-refractivity contribution in [3.8, 4) is 0 Å². The zero-order chi connectivity index (χ0) is 12.5. The van der Waals surface area contributed by atoms with Crippen LogP contribution in [-0.4, -0.2) is 11.1 Å². The Balaban J connectivity index is 2.26. The molecule has 0 unspecified atom stereocenters. The second kappa shape index (κ2) is 4.35. The lowest BCUT2D eigenvalue weighted by molar-refractivity contribution is 0.0699. The van der Waals surface area contributed by atoms with E-state index in [4.69, 9.17) is 0 Å². The molecule has 1 N–H and O–H groups in total. The van der Waals surface area contributed by atoms with Crippen LogP contribution in [0.3, 0.4) is 0 Å². The highest BCUT2D eigenvalue weighted by atomic mass is 32.2. The topological polar surface area (TPSA) is 37.3 Å². The second-order valence-corrected chi connectivity index (χ2v) is 6.04. The normalized spacial score (nSPS) is 15.4. The van der Waals surface area contributed by atoms with Crippen molar-refractivity contribution >= 4 is 27.6 Å². The zero-order valence-electron chi connectivity index (χ0n) is 9.58. The largest absolute Gasteiger partial charge is 0.478 e. The Bertz CT molecular complexity index is 674. The smallest absolute Gasteiger partial charge is 0.336 e. The molecule has 90 valence electrons. The van der Waals surface area contributed by atoms with Crippen molar-refractivity contribution in [2.45, 2.75) is 4.90 Å². The standard InChI is InChI=1S/C15H12O2S/c16-15(17)14-10-12(18-7-3-4-8-18)9-11-5-1-2-6-13(11)14/h1-10,18H,(H,16,17). The Labute approximate surface area is 108 Å². The summed E-state index contributed by atoms with van der Waals surface area (Å²) in [5, 5.41) is 15.4. The third kappa shape index (κ3) is 1.83. The number of thiol groups is 1. The SMILES string of the molecule is O=C(O)c1cc([SH]2C=CC=C2)cc2ccccc12. The van der Waals surface area contributed by atoms with Crippen molar-refractivity contribution < 1.29 is 9.90 Å². The number of allylic oxidation sites excluding steroid dienone is 2. The monoisotopic (exact) mass is 256 g/mol. The third-order valence-corrected chi connectivity index (χ3v) is 4.82. The van der Waals surface area contributed by atoms with E-state index in [9.17, 15) is 9.90 Å². The number of hydrogen-bond donors (Lipinski definition) is 2. The molecule has 3 rings (SSSR count). The second-order valence-electron chi connectivity index (χ2n) is 4.11. The molecule has 0 amide bonds. The van der Waals surface area contributed by atoms with Crippen molar-refractivity contribution in [3.63, 3.8) is 0 Å². The molecule has 18 heavy (non-hydrogen) atoms. The van der Waals surface area contributed by atoms with Gasteiger partial charge in [-0.2, -0.15) is 10.9 Å². The molecule has 0 fully saturated rings. The molecule has 1 aliphatic rings. The molecule has 1 aliphatic heterocycles. The number of carboxylic acid groups (broad SMARTS) is 1. The summed E-state index contributed by atoms with van der Waals surface area (Å²) in [4.78, 5) is 12.4. The van der Waals surface area contributed by atoms with Crippen molar-refractivity contribution in [2.75, 3.05) is 0 Å². The van der Waals surface area contributed by atoms with Gasteiger partial charge in [-0.05, 0) is 38.6 Å². The van der Waals surface area contributed by atoms with Gasteiger partial charge in [0, 0.05) is 0 Å². The van der Waals surface area contributed by atoms with Crippen LogP contribution in [0.2, 0.25) is 0 Å². The van der Waals surface area contributed by atoms with Gasteiger partial charge in [0.25, 0.3) is 0 Å². The molecule has 0 aromatic heterocycles. The van der Waals surface area contributed by atoms with E-state index in [1.807, 2.05) is 36.4 Å². The van der Waals surface area contributed by atoms with Crippen LogP contribution < -0.4 is 0 Å². The average Bonchev–Trinajstić information content (AvgIpc) is 2.91. The van der Waals surface area contributed by atoms with E-state index in [2.05, 4.69) is 16.9 Å². The van der Waals surface area contributed by atoms with E-state index in [0.29, 0.717) is 5.56 Å². The van der Waals surface area contributed by atoms with Gasteiger partial charge < -0.3 is 5.11 Å². The van der Waals surface area contributed by atoms with E-state index in [1.165, 1.54) is 0 Å². The fourth-order valence-corrected chi connectivity index (χ4v) is 3.71. The minimum absolute atomic E-state index is 0.388. The van der Waals surface area contributed by atoms with Gasteiger partial charge in [0.1, 0.15) is 0 Å². The molecular formula is C15H12O2S. The van der Waals surface area contributed by atoms with E-state index < -0.39 is 16.9 Å². The summed E-state index contributed by atoms with van der Waals surface area (Å²) >= 11 is 0. The van der Waals surface area contributed by atoms with Gasteiger partial charge in [0.05, 0.1) is 5.56 Å². The summed E-state index contributed by atoms with van der Waals surface area (Å²) in [7, 11) is -0.479. The van der Waals surface area contributed by atoms with Gasteiger partial charge in [-0.1, -0.05) is 36.4 Å². The number of aromatic carboxylic acids is 1. The summed E-state index contributed by atoms with van der Waals surface area (Å²) in [6.07, 6.45) is 4.03. The Kier molecular flexibility index (Phi) is 2.68. The van der Waals surface area contributed by atoms with Gasteiger partial charge >= 0.3 is 5.97 Å². The highest BCUT2D eigenvalue weighted by Gasteiger charge is 2.12. The van der Waals surface area contributed by atoms with E-state index in [0.717, 1.165) is 15.7 Å². The molecule has 0 atom stereocenters. The Morgan fingerprint density at radius 1 is 1.06 bits per heavy atom. The van der Waals surface area contributed by atoms with Crippen LogP contribution in [0.4, 0.5) is 0 Å². The van der Waals surface area contributed by atoms with E-state index in [-0.39, 0.29) is 0 Å². The first-order valence-electron chi connectivity index (χ1n) is 5.65. The predicted octanol–water partition coefficient (Wildman–Crippen LogP) is 3.94. The van der Waals surface area contributed by atoms with Crippen LogP contribution in [0.15, 0.2) is 64.3 Å². The number of rotatable bonds is 2. The summed E-state index contributed by atoms with van der Waals surface area (Å²) in [5.74, 6) is -0.866. The van der Waals surface area contributed by atoms with Crippen molar-refractivity contribution in [2.24, 2.45) is 0 Å². The highest BCUT2D eigenvalue weighted by Crippen LogP contribution is 2.43. The molecule has 2 aromatic rings. The molecule has 0 bridgehead atoms. The molecule has 0 aliphatic carbocycles. The van der Waals surface area contributed by atoms with Crippen LogP contribution in [0.5, 0.6) is 0 Å². The lowest BCUT2D eigenvalue weighted by Crippen LogP contribution is -1.98. The summed E-state index contributed by atoms with van der Waals surface area (Å²) < 4.78 is 0. The first kappa shape index (κ1) is 11.1. The molecule has 0 saturated carbocycles. The maximum atomic E-state index is 11.4. The number of carbonyl (C=O) groups is 1. The first-order valence-corrected chi connectivity index (χ1v) is 7.13. The van der Waals surface area contributed by atoms with Gasteiger partial charge in [-0.3, -0.25) is 0 Å². The van der Waals surface area contributed by atoms with Gasteiger partial charge in [0.2, 0.25) is 0 Å². The van der Waals surface area contributed by atoms with Gasteiger partial charge in [-0.25, -0.2) is 4.79 Å². The fourth-order valence-electron chi connectivity index (χ4n) is 2.13. The molecule has 2 aromatic carbocycles. The molecule has 0 radical (unpaired) electrons. The number of hydrogen-bond acceptors (Lipinski definition) is 1. The molecule has 2 nitrogen and oxygen atoms in total. The highest BCUT2D eigenvalue weighted by molar-refractivity contribution is 8.22. The van der Waals surface area contributed by atoms with Crippen LogP contribution in [-0.2, 0) is 0 Å². The number of fused-ring (bicyclic) bond motifs is 1. The number of benzene rings is 2. The quantitative estimate of drug-likeness (QED) is 0.799. The summed E-state index contributed by atoms with van der Waals surface area (Å²) in [5.41, 5.74) is 0.388. The average molecular weight is 256 g/mol. The zero-order valence-corrected chi connectivity index (χ0v) is 10.5. The van der Waals surface area contributed by atoms with E-state index >= 15 is 0 Å². The van der Waals surface area contributed by atoms with Gasteiger partial charge in [0.15, 0.2) is 0 Å². The Hall–Kier alpha value is -2.00. The third-order valence-electron chi connectivity index (χ3n) is 2.98. The fraction of sp³-hybridized carbons (Fsp3) is 0. The van der Waals surface area contributed by atoms with Crippen LogP contribution in [0.1, 0.15) is 10.4 Å². The molecule has 0 spiro atoms. The number of carboxylic acids is 1. The molecule has 1 heterocycles. The molecule has 3 heteroatoms. The van der Waals surface area contributed by atoms with Crippen molar-refractivity contribution in [1.29, 1.82) is 0 Å². The molecule has 0 saturated heterocycles. The van der Waals surface area contributed by atoms with Gasteiger partial charge in [-0.15, -0.1) is 0 Å². The van der Waals surface area contributed by atoms with Crippen molar-refractivity contribution in [1.82, 2.24) is 0 Å². The molecular weight excluding hydrogens is 244 g/mol. The maximum Gasteiger partial charge on any atom is 0.336 e. The minimum Gasteiger partial charge on any atom is -0.478 e. The van der Waals surface area contributed by atoms with Crippen LogP contribution in [0, 0.1) is 0 Å². The minimum atomic E-state index is -0.866. The lowest BCUT2D eigenvalue weighted by Gasteiger charge is -2.13. The predicted molar refractivity (Wildman–Crippen MR) is 76.4 cm³/mol. The Morgan fingerprint density at radius 3 is 2.50 bits per heavy atom. The summed E-state index contributed by atoms with van der Waals surface area (Å²) in [6.45, 7) is 0. The summed E-state index contributed by atoms with van der Waals surface area (Å²) in [6, 6.07) is 11.5. The Morgan fingerprint density at radius 2 is 1.78 bits per heavy atom. The van der Waals surface area contributed by atoms with Crippen LogP contribution >= 0.6 is 10.9 Å². The maximum absolute atomic E-state index is 11.4. The van der Waals surface area contributed by atoms with E-state index in [1.54, 1.807) is 6.07 Å². The van der Waals surface area contributed by atoms with Crippen molar-refractivity contribution in [3.05, 3.63) is 64.9 Å².